The first-order valence-corrected chi connectivity index (χ1v) is 10.3. The topological polar surface area (TPSA) is 88.8 Å². The number of hydrogen-bond donors (Lipinski definition) is 2. The van der Waals surface area contributed by atoms with E-state index >= 15 is 0 Å². The summed E-state index contributed by atoms with van der Waals surface area (Å²) in [6.07, 6.45) is 2.64. The van der Waals surface area contributed by atoms with Crippen LogP contribution in [0.4, 0.5) is 18.9 Å². The second kappa shape index (κ2) is 8.78. The molecule has 1 amide bonds. The monoisotopic (exact) mass is 448 g/mol. The third-order valence-corrected chi connectivity index (χ3v) is 5.84. The third-order valence-electron chi connectivity index (χ3n) is 5.84. The Morgan fingerprint density at radius 2 is 1.97 bits per heavy atom. The van der Waals surface area contributed by atoms with Crippen molar-refractivity contribution in [1.82, 2.24) is 14.4 Å². The van der Waals surface area contributed by atoms with E-state index in [1.54, 1.807) is 16.7 Å². The molecule has 170 valence electrons. The van der Waals surface area contributed by atoms with Gasteiger partial charge in [0, 0.05) is 31.0 Å². The Kier molecular flexibility index (Phi) is 6.05. The summed E-state index contributed by atoms with van der Waals surface area (Å²) >= 11 is 0. The summed E-state index contributed by atoms with van der Waals surface area (Å²) in [6, 6.07) is 4.83. The van der Waals surface area contributed by atoms with Gasteiger partial charge in [0.25, 0.3) is 5.91 Å². The van der Waals surface area contributed by atoms with Crippen LogP contribution in [0.1, 0.15) is 53.5 Å². The van der Waals surface area contributed by atoms with E-state index in [0.717, 1.165) is 43.5 Å². The molecule has 4 rings (SSSR count). The van der Waals surface area contributed by atoms with Crippen molar-refractivity contribution in [2.24, 2.45) is 5.92 Å². The molecule has 1 aliphatic rings. The summed E-state index contributed by atoms with van der Waals surface area (Å²) in [5.74, 6) is 0.182. The van der Waals surface area contributed by atoms with Crippen LogP contribution in [0.5, 0.6) is 5.75 Å². The van der Waals surface area contributed by atoms with Gasteiger partial charge < -0.3 is 19.6 Å². The molecule has 0 radical (unpaired) electrons. The maximum absolute atomic E-state index is 12.9. The lowest BCUT2D eigenvalue weighted by molar-refractivity contribution is -0.141. The van der Waals surface area contributed by atoms with Crippen LogP contribution in [0.25, 0.3) is 5.65 Å². The Labute approximate surface area is 182 Å². The molecule has 1 fully saturated rings. The average Bonchev–Trinajstić information content (AvgIpc) is 3.21. The molecular weight excluding hydrogens is 425 g/mol. The van der Waals surface area contributed by atoms with Crippen LogP contribution in [-0.4, -0.2) is 39.1 Å². The van der Waals surface area contributed by atoms with Crippen LogP contribution >= 0.6 is 0 Å². The quantitative estimate of drug-likeness (QED) is 0.609. The molecule has 3 aromatic heterocycles. The van der Waals surface area contributed by atoms with Crippen LogP contribution in [0, 0.1) is 5.92 Å². The summed E-state index contributed by atoms with van der Waals surface area (Å²) < 4.78 is 45.8. The van der Waals surface area contributed by atoms with Gasteiger partial charge in [-0.2, -0.15) is 13.2 Å². The molecule has 0 bridgehead atoms. The average molecular weight is 448 g/mol. The number of ether oxygens (including phenoxy) is 1. The molecule has 0 unspecified atom stereocenters. The van der Waals surface area contributed by atoms with Gasteiger partial charge >= 0.3 is 6.18 Å². The highest BCUT2D eigenvalue weighted by Gasteiger charge is 2.33. The van der Waals surface area contributed by atoms with Gasteiger partial charge in [-0.1, -0.05) is 6.07 Å². The fraction of sp³-hybridized carbons (Fsp3) is 0.409. The lowest BCUT2D eigenvalue weighted by Crippen LogP contribution is -2.17. The number of nitrogens with zero attached hydrogens (tertiary/aromatic N) is 3. The standard InChI is InChI=1S/C22H23F3N4O3/c1-32-18-9-20-27-16(14-7-5-13(12-30)6-8-14)10-29(20)11-17(18)28-21(31)15-3-2-4-19(26-15)22(23,24)25/h2-4,9-11,13-14,30H,5-8,12H2,1H3,(H,28,31). The van der Waals surface area contributed by atoms with E-state index < -0.39 is 17.8 Å². The number of anilines is 1. The Balaban J connectivity index is 1.58. The van der Waals surface area contributed by atoms with Crippen LogP contribution in [-0.2, 0) is 6.18 Å². The van der Waals surface area contributed by atoms with Crippen LogP contribution in [0.15, 0.2) is 36.7 Å². The minimum Gasteiger partial charge on any atom is -0.494 e. The van der Waals surface area contributed by atoms with Crippen molar-refractivity contribution in [1.29, 1.82) is 0 Å². The number of alkyl halides is 3. The SMILES string of the molecule is COc1cc2nc(C3CCC(CO)CC3)cn2cc1NC(=O)c1cccc(C(F)(F)F)n1. The number of nitrogens with one attached hydrogen (secondary N) is 1. The molecule has 1 saturated carbocycles. The molecule has 0 aliphatic heterocycles. The zero-order valence-corrected chi connectivity index (χ0v) is 17.4. The molecule has 1 aliphatic carbocycles. The van der Waals surface area contributed by atoms with E-state index in [2.05, 4.69) is 15.3 Å². The van der Waals surface area contributed by atoms with Crippen LogP contribution in [0.3, 0.4) is 0 Å². The number of carbonyl (C=O) groups excluding carboxylic acids is 1. The summed E-state index contributed by atoms with van der Waals surface area (Å²) in [5.41, 5.74) is 0.358. The van der Waals surface area contributed by atoms with Gasteiger partial charge in [-0.3, -0.25) is 4.79 Å². The third kappa shape index (κ3) is 4.55. The Hall–Kier alpha value is -3.14. The largest absolute Gasteiger partial charge is 0.494 e. The summed E-state index contributed by atoms with van der Waals surface area (Å²) in [5, 5.41) is 11.9. The maximum atomic E-state index is 12.9. The number of methoxy groups -OCH3 is 1. The van der Waals surface area contributed by atoms with Gasteiger partial charge in [-0.25, -0.2) is 9.97 Å². The smallest absolute Gasteiger partial charge is 0.433 e. The first-order valence-electron chi connectivity index (χ1n) is 10.3. The van der Waals surface area contributed by atoms with Crippen molar-refractivity contribution >= 4 is 17.2 Å². The zero-order chi connectivity index (χ0) is 22.9. The number of halogens is 3. The zero-order valence-electron chi connectivity index (χ0n) is 17.4. The van der Waals surface area contributed by atoms with Crippen molar-refractivity contribution in [3.8, 4) is 5.75 Å². The number of hydrogen-bond acceptors (Lipinski definition) is 5. The predicted octanol–water partition coefficient (Wildman–Crippen LogP) is 4.28. The minimum absolute atomic E-state index is 0.207. The van der Waals surface area contributed by atoms with E-state index in [9.17, 15) is 23.1 Å². The number of rotatable bonds is 5. The number of amides is 1. The molecule has 0 aromatic carbocycles. The summed E-state index contributed by atoms with van der Waals surface area (Å²) in [6.45, 7) is 0.207. The molecule has 10 heteroatoms. The number of aromatic nitrogens is 3. The van der Waals surface area contributed by atoms with Crippen molar-refractivity contribution in [3.63, 3.8) is 0 Å². The Bertz CT molecular complexity index is 1120. The van der Waals surface area contributed by atoms with Crippen molar-refractivity contribution < 1.29 is 27.8 Å². The normalized spacial score (nSPS) is 19.2. The Morgan fingerprint density at radius 3 is 2.62 bits per heavy atom. The highest BCUT2D eigenvalue weighted by Crippen LogP contribution is 2.36. The number of aliphatic hydroxyl groups excluding tert-OH is 1. The first kappa shape index (κ1) is 22.1. The second-order valence-electron chi connectivity index (χ2n) is 7.95. The maximum Gasteiger partial charge on any atom is 0.433 e. The highest BCUT2D eigenvalue weighted by molar-refractivity contribution is 6.03. The predicted molar refractivity (Wildman–Crippen MR) is 111 cm³/mol. The van der Waals surface area contributed by atoms with Gasteiger partial charge in [0.2, 0.25) is 0 Å². The van der Waals surface area contributed by atoms with Crippen LogP contribution in [0.2, 0.25) is 0 Å². The van der Waals surface area contributed by atoms with E-state index in [4.69, 9.17) is 4.74 Å². The van der Waals surface area contributed by atoms with E-state index in [1.165, 1.54) is 13.2 Å². The van der Waals surface area contributed by atoms with Crippen LogP contribution < -0.4 is 10.1 Å². The van der Waals surface area contributed by atoms with E-state index in [0.29, 0.717) is 17.3 Å². The molecule has 0 saturated heterocycles. The number of pyridine rings is 2. The number of imidazole rings is 1. The van der Waals surface area contributed by atoms with Gasteiger partial charge in [0.15, 0.2) is 0 Å². The van der Waals surface area contributed by atoms with Crippen molar-refractivity contribution in [2.45, 2.75) is 37.8 Å². The number of carbonyl (C=O) groups is 1. The van der Waals surface area contributed by atoms with Gasteiger partial charge in [-0.05, 0) is 43.7 Å². The minimum atomic E-state index is -4.64. The second-order valence-corrected chi connectivity index (χ2v) is 7.95. The lowest BCUT2D eigenvalue weighted by Gasteiger charge is -2.25. The molecule has 3 aromatic rings. The molecule has 7 nitrogen and oxygen atoms in total. The van der Waals surface area contributed by atoms with Crippen molar-refractivity contribution in [2.75, 3.05) is 19.0 Å². The fourth-order valence-electron chi connectivity index (χ4n) is 4.04. The van der Waals surface area contributed by atoms with Gasteiger partial charge in [-0.15, -0.1) is 0 Å². The first-order chi connectivity index (χ1) is 15.3. The molecule has 32 heavy (non-hydrogen) atoms. The van der Waals surface area contributed by atoms with Gasteiger partial charge in [0.05, 0.1) is 12.8 Å². The Morgan fingerprint density at radius 1 is 1.22 bits per heavy atom. The molecule has 2 N–H and O–H groups in total. The molecule has 3 heterocycles. The fourth-order valence-corrected chi connectivity index (χ4v) is 4.04. The summed E-state index contributed by atoms with van der Waals surface area (Å²) in [4.78, 5) is 20.7. The number of fused-ring (bicyclic) bond motifs is 1. The van der Waals surface area contributed by atoms with Crippen molar-refractivity contribution in [3.05, 3.63) is 53.7 Å². The highest BCUT2D eigenvalue weighted by atomic mass is 19.4. The number of aliphatic hydroxyl groups is 1. The molecule has 0 spiro atoms. The van der Waals surface area contributed by atoms with E-state index in [1.807, 2.05) is 6.20 Å². The van der Waals surface area contributed by atoms with E-state index in [-0.39, 0.29) is 23.9 Å². The lowest BCUT2D eigenvalue weighted by atomic mass is 9.81. The molecule has 0 atom stereocenters. The summed E-state index contributed by atoms with van der Waals surface area (Å²) in [7, 11) is 1.43. The molecular formula is C22H23F3N4O3. The van der Waals surface area contributed by atoms with Gasteiger partial charge in [0.1, 0.15) is 28.5 Å².